The standard InChI is InChI=1S/C40H30N6OS/c47-48(39-41-36-22-12-13-23-37(36)42-39)28-29-24-26-30(27-25-29)34-20-10-11-21-35(34)38-43-44-45-46(38)40(31-14-4-1-5-15-31,32-16-6-2-7-17-32)33-18-8-3-9-19-33/h1-27H,28H2,(H,41,42). The fourth-order valence-electron chi connectivity index (χ4n) is 6.45. The fourth-order valence-corrected chi connectivity index (χ4v) is 7.51. The van der Waals surface area contributed by atoms with E-state index in [0.29, 0.717) is 16.7 Å². The first-order valence-corrected chi connectivity index (χ1v) is 17.0. The number of aromatic nitrogens is 6. The predicted molar refractivity (Wildman–Crippen MR) is 190 cm³/mol. The van der Waals surface area contributed by atoms with E-state index in [-0.39, 0.29) is 0 Å². The first kappa shape index (κ1) is 29.4. The number of para-hydroxylation sites is 2. The lowest BCUT2D eigenvalue weighted by Crippen LogP contribution is -2.39. The minimum Gasteiger partial charge on any atom is -0.331 e. The van der Waals surface area contributed by atoms with Gasteiger partial charge in [-0.25, -0.2) is 9.67 Å². The van der Waals surface area contributed by atoms with Gasteiger partial charge in [0.05, 0.1) is 27.6 Å². The molecule has 2 heterocycles. The molecule has 0 aliphatic carbocycles. The number of fused-ring (bicyclic) bond motifs is 1. The molecule has 1 unspecified atom stereocenters. The van der Waals surface area contributed by atoms with Crippen LogP contribution in [-0.2, 0) is 22.1 Å². The van der Waals surface area contributed by atoms with Crippen LogP contribution in [0.5, 0.6) is 0 Å². The Kier molecular flexibility index (Phi) is 7.76. The molecule has 48 heavy (non-hydrogen) atoms. The average molecular weight is 643 g/mol. The number of rotatable bonds is 9. The predicted octanol–water partition coefficient (Wildman–Crippen LogP) is 8.03. The van der Waals surface area contributed by atoms with Crippen molar-refractivity contribution in [1.29, 1.82) is 0 Å². The van der Waals surface area contributed by atoms with Crippen LogP contribution in [0.15, 0.2) is 169 Å². The van der Waals surface area contributed by atoms with Crippen LogP contribution in [0.2, 0.25) is 0 Å². The molecule has 1 N–H and O–H groups in total. The smallest absolute Gasteiger partial charge is 0.197 e. The maximum absolute atomic E-state index is 13.2. The molecule has 0 amide bonds. The molecule has 0 radical (unpaired) electrons. The molecule has 0 aliphatic rings. The largest absolute Gasteiger partial charge is 0.331 e. The van der Waals surface area contributed by atoms with E-state index in [1.807, 2.05) is 71.4 Å². The van der Waals surface area contributed by atoms with Gasteiger partial charge < -0.3 is 4.98 Å². The second kappa shape index (κ2) is 12.7. The van der Waals surface area contributed by atoms with Crippen molar-refractivity contribution in [3.8, 4) is 22.5 Å². The number of nitrogens with zero attached hydrogens (tertiary/aromatic N) is 5. The molecule has 0 aliphatic heterocycles. The van der Waals surface area contributed by atoms with Crippen LogP contribution in [-0.4, -0.2) is 34.4 Å². The summed E-state index contributed by atoms with van der Waals surface area (Å²) in [4.78, 5) is 7.73. The van der Waals surface area contributed by atoms with E-state index in [0.717, 1.165) is 50.0 Å². The molecule has 0 saturated carbocycles. The van der Waals surface area contributed by atoms with Crippen LogP contribution >= 0.6 is 0 Å². The summed E-state index contributed by atoms with van der Waals surface area (Å²) in [5, 5.41) is 14.2. The van der Waals surface area contributed by atoms with E-state index in [4.69, 9.17) is 5.21 Å². The Morgan fingerprint density at radius 1 is 0.604 bits per heavy atom. The van der Waals surface area contributed by atoms with Gasteiger partial charge >= 0.3 is 0 Å². The molecule has 7 nitrogen and oxygen atoms in total. The number of imidazole rings is 1. The van der Waals surface area contributed by atoms with E-state index in [2.05, 4.69) is 117 Å². The van der Waals surface area contributed by atoms with E-state index < -0.39 is 16.3 Å². The summed E-state index contributed by atoms with van der Waals surface area (Å²) in [6.07, 6.45) is 0. The third-order valence-electron chi connectivity index (χ3n) is 8.68. The van der Waals surface area contributed by atoms with Crippen molar-refractivity contribution in [1.82, 2.24) is 30.2 Å². The summed E-state index contributed by atoms with van der Waals surface area (Å²) < 4.78 is 15.2. The third kappa shape index (κ3) is 5.22. The Hall–Kier alpha value is -5.99. The lowest BCUT2D eigenvalue weighted by molar-refractivity contribution is 0.451. The molecule has 0 fully saturated rings. The molecule has 0 spiro atoms. The van der Waals surface area contributed by atoms with Gasteiger partial charge in [-0.15, -0.1) is 5.10 Å². The highest BCUT2D eigenvalue weighted by atomic mass is 32.2. The van der Waals surface area contributed by atoms with E-state index in [1.165, 1.54) is 0 Å². The number of nitrogens with one attached hydrogen (secondary N) is 1. The van der Waals surface area contributed by atoms with Gasteiger partial charge in [0, 0.05) is 5.56 Å². The Morgan fingerprint density at radius 2 is 1.15 bits per heavy atom. The minimum absolute atomic E-state index is 0.355. The second-order valence-electron chi connectivity index (χ2n) is 11.5. The molecular weight excluding hydrogens is 613 g/mol. The van der Waals surface area contributed by atoms with Crippen molar-refractivity contribution in [2.45, 2.75) is 16.4 Å². The first-order valence-electron chi connectivity index (χ1n) is 15.7. The molecule has 8 rings (SSSR count). The fraction of sp³-hybridized carbons (Fsp3) is 0.0500. The Bertz CT molecular complexity index is 2210. The number of H-pyrrole nitrogens is 1. The van der Waals surface area contributed by atoms with Crippen molar-refractivity contribution in [3.05, 3.63) is 186 Å². The van der Waals surface area contributed by atoms with Crippen LogP contribution in [0, 0.1) is 0 Å². The zero-order valence-corrected chi connectivity index (χ0v) is 26.7. The number of benzene rings is 6. The molecular formula is C40H30N6OS. The number of hydrogen-bond donors (Lipinski definition) is 1. The molecule has 232 valence electrons. The van der Waals surface area contributed by atoms with Gasteiger partial charge in [0.2, 0.25) is 0 Å². The van der Waals surface area contributed by atoms with Crippen molar-refractivity contribution in [2.24, 2.45) is 0 Å². The first-order chi connectivity index (χ1) is 23.7. The van der Waals surface area contributed by atoms with Crippen molar-refractivity contribution >= 4 is 21.8 Å². The molecule has 1 atom stereocenters. The van der Waals surface area contributed by atoms with Crippen LogP contribution in [0.3, 0.4) is 0 Å². The molecule has 6 aromatic carbocycles. The number of tetrazole rings is 1. The van der Waals surface area contributed by atoms with E-state index in [1.54, 1.807) is 0 Å². The number of aromatic amines is 1. The van der Waals surface area contributed by atoms with Gasteiger partial charge in [0.15, 0.2) is 11.0 Å². The van der Waals surface area contributed by atoms with Crippen LogP contribution in [0.25, 0.3) is 33.5 Å². The summed E-state index contributed by atoms with van der Waals surface area (Å²) in [5.74, 6) is 0.991. The number of hydrogen-bond acceptors (Lipinski definition) is 5. The van der Waals surface area contributed by atoms with Gasteiger partial charge in [0.25, 0.3) is 0 Å². The summed E-state index contributed by atoms with van der Waals surface area (Å²) in [5.41, 5.74) is 7.78. The SMILES string of the molecule is O=S(Cc1ccc(-c2ccccc2-c2nnnn2C(c2ccccc2)(c2ccccc2)c2ccccc2)cc1)c1nc2ccccc2[nH]1. The monoisotopic (exact) mass is 642 g/mol. The quantitative estimate of drug-likeness (QED) is 0.161. The van der Waals surface area contributed by atoms with E-state index >= 15 is 0 Å². The Labute approximate surface area is 280 Å². The van der Waals surface area contributed by atoms with Crippen molar-refractivity contribution in [2.75, 3.05) is 0 Å². The summed E-state index contributed by atoms with van der Waals surface area (Å²) in [7, 11) is -1.31. The normalized spacial score (nSPS) is 12.2. The lowest BCUT2D eigenvalue weighted by Gasteiger charge is -2.36. The summed E-state index contributed by atoms with van der Waals surface area (Å²) in [6.45, 7) is 0. The average Bonchev–Trinajstić information content (AvgIpc) is 3.82. The Morgan fingerprint density at radius 3 is 1.75 bits per heavy atom. The zero-order chi connectivity index (χ0) is 32.3. The molecule has 8 heteroatoms. The second-order valence-corrected chi connectivity index (χ2v) is 12.9. The third-order valence-corrected chi connectivity index (χ3v) is 9.90. The van der Waals surface area contributed by atoms with Gasteiger partial charge in [-0.1, -0.05) is 152 Å². The van der Waals surface area contributed by atoms with Gasteiger partial charge in [-0.05, 0) is 55.9 Å². The highest BCUT2D eigenvalue weighted by Crippen LogP contribution is 2.43. The zero-order valence-electron chi connectivity index (χ0n) is 25.8. The van der Waals surface area contributed by atoms with Gasteiger partial charge in [-0.3, -0.25) is 4.21 Å². The highest BCUT2D eigenvalue weighted by Gasteiger charge is 2.42. The summed E-state index contributed by atoms with van der Waals surface area (Å²) in [6, 6.07) is 55.3. The maximum Gasteiger partial charge on any atom is 0.197 e. The Balaban J connectivity index is 1.21. The maximum atomic E-state index is 13.2. The summed E-state index contributed by atoms with van der Waals surface area (Å²) >= 11 is 0. The van der Waals surface area contributed by atoms with Gasteiger partial charge in [0.1, 0.15) is 5.54 Å². The lowest BCUT2D eigenvalue weighted by atomic mass is 9.77. The van der Waals surface area contributed by atoms with Crippen LogP contribution in [0.1, 0.15) is 22.3 Å². The van der Waals surface area contributed by atoms with E-state index in [9.17, 15) is 4.21 Å². The van der Waals surface area contributed by atoms with Crippen LogP contribution < -0.4 is 0 Å². The van der Waals surface area contributed by atoms with Gasteiger partial charge in [-0.2, -0.15) is 0 Å². The van der Waals surface area contributed by atoms with Crippen molar-refractivity contribution < 1.29 is 4.21 Å². The molecule has 2 aromatic heterocycles. The minimum atomic E-state index is -1.31. The molecule has 0 bridgehead atoms. The van der Waals surface area contributed by atoms with Crippen LogP contribution in [0.4, 0.5) is 0 Å². The topological polar surface area (TPSA) is 89.3 Å². The molecule has 0 saturated heterocycles. The molecule has 8 aromatic rings. The van der Waals surface area contributed by atoms with Crippen molar-refractivity contribution in [3.63, 3.8) is 0 Å². The highest BCUT2D eigenvalue weighted by molar-refractivity contribution is 7.84.